The maximum Gasteiger partial charge on any atom is 0.338 e. The Labute approximate surface area is 221 Å². The minimum Gasteiger partial charge on any atom is -0.452 e. The van der Waals surface area contributed by atoms with Gasteiger partial charge in [-0.05, 0) is 92.1 Å². The van der Waals surface area contributed by atoms with Crippen molar-refractivity contribution in [3.63, 3.8) is 0 Å². The third kappa shape index (κ3) is 5.09. The van der Waals surface area contributed by atoms with Gasteiger partial charge in [-0.15, -0.1) is 0 Å². The molecule has 7 heteroatoms. The molecule has 5 rings (SSSR count). The number of amides is 3. The minimum atomic E-state index is -0.662. The summed E-state index contributed by atoms with van der Waals surface area (Å²) in [6, 6.07) is 21.9. The topological polar surface area (TPSA) is 92.8 Å². The molecular formula is C31H30N2O5. The second-order valence-electron chi connectivity index (χ2n) is 10.1. The molecule has 3 atom stereocenters. The fraction of sp³-hybridized carbons (Fsp3) is 0.290. The first kappa shape index (κ1) is 25.4. The van der Waals surface area contributed by atoms with Crippen molar-refractivity contribution >= 4 is 35.1 Å². The molecule has 1 aliphatic heterocycles. The van der Waals surface area contributed by atoms with Gasteiger partial charge in [-0.3, -0.25) is 19.3 Å². The van der Waals surface area contributed by atoms with Crippen LogP contribution in [0.4, 0.5) is 11.4 Å². The first-order valence-corrected chi connectivity index (χ1v) is 12.9. The van der Waals surface area contributed by atoms with Crippen molar-refractivity contribution in [1.82, 2.24) is 0 Å². The van der Waals surface area contributed by atoms with E-state index in [2.05, 4.69) is 17.4 Å². The summed E-state index contributed by atoms with van der Waals surface area (Å²) in [7, 11) is 0. The molecule has 3 amide bonds. The molecule has 1 saturated heterocycles. The van der Waals surface area contributed by atoms with E-state index < -0.39 is 18.5 Å². The van der Waals surface area contributed by atoms with E-state index >= 15 is 0 Å². The van der Waals surface area contributed by atoms with Gasteiger partial charge in [-0.25, -0.2) is 4.79 Å². The average Bonchev–Trinajstić information content (AvgIpc) is 3.19. The zero-order chi connectivity index (χ0) is 26.8. The van der Waals surface area contributed by atoms with Crippen LogP contribution in [0.3, 0.4) is 0 Å². The van der Waals surface area contributed by atoms with E-state index in [0.717, 1.165) is 17.5 Å². The molecule has 3 aromatic rings. The first-order chi connectivity index (χ1) is 18.3. The summed E-state index contributed by atoms with van der Waals surface area (Å²) >= 11 is 0. The molecule has 2 fully saturated rings. The van der Waals surface area contributed by atoms with Crippen LogP contribution in [0, 0.1) is 25.7 Å². The van der Waals surface area contributed by atoms with Crippen LogP contribution >= 0.6 is 0 Å². The number of imide groups is 1. The summed E-state index contributed by atoms with van der Waals surface area (Å²) in [5, 5.41) is 2.71. The summed E-state index contributed by atoms with van der Waals surface area (Å²) < 4.78 is 5.16. The zero-order valence-electron chi connectivity index (χ0n) is 21.5. The summed E-state index contributed by atoms with van der Waals surface area (Å²) in [6.45, 7) is 3.51. The summed E-state index contributed by atoms with van der Waals surface area (Å²) in [4.78, 5) is 52.4. The van der Waals surface area contributed by atoms with Crippen molar-refractivity contribution in [3.8, 4) is 0 Å². The Kier molecular flexibility index (Phi) is 7.09. The smallest absolute Gasteiger partial charge is 0.338 e. The summed E-state index contributed by atoms with van der Waals surface area (Å²) in [5.74, 6) is -1.83. The number of hydrogen-bond acceptors (Lipinski definition) is 5. The van der Waals surface area contributed by atoms with E-state index in [1.807, 2.05) is 44.2 Å². The van der Waals surface area contributed by atoms with Gasteiger partial charge in [0.1, 0.15) is 0 Å². The monoisotopic (exact) mass is 510 g/mol. The van der Waals surface area contributed by atoms with Crippen LogP contribution in [0.5, 0.6) is 0 Å². The molecule has 194 valence electrons. The van der Waals surface area contributed by atoms with Crippen molar-refractivity contribution in [2.24, 2.45) is 11.8 Å². The van der Waals surface area contributed by atoms with Gasteiger partial charge in [-0.2, -0.15) is 0 Å². The predicted octanol–water partition coefficient (Wildman–Crippen LogP) is 5.17. The Hall–Kier alpha value is -4.26. The lowest BCUT2D eigenvalue weighted by Gasteiger charge is -2.28. The molecule has 0 aromatic heterocycles. The van der Waals surface area contributed by atoms with Gasteiger partial charge in [0.2, 0.25) is 11.8 Å². The highest BCUT2D eigenvalue weighted by atomic mass is 16.5. The molecule has 1 aliphatic carbocycles. The van der Waals surface area contributed by atoms with E-state index in [1.54, 1.807) is 18.2 Å². The second-order valence-corrected chi connectivity index (χ2v) is 10.1. The SMILES string of the molecule is Cc1ccc(NC(=O)COC(=O)c2ccc(N3C(=O)[C@H]4C[C@@H](c5ccccc5)CC[C@H]4C3=O)cc2)cc1C. The number of rotatable bonds is 6. The summed E-state index contributed by atoms with van der Waals surface area (Å²) in [6.07, 6.45) is 2.21. The van der Waals surface area contributed by atoms with Gasteiger partial charge in [0.05, 0.1) is 23.1 Å². The molecule has 1 N–H and O–H groups in total. The predicted molar refractivity (Wildman–Crippen MR) is 144 cm³/mol. The Morgan fingerprint density at radius 1 is 0.868 bits per heavy atom. The number of carbonyl (C=O) groups is 4. The number of carbonyl (C=O) groups excluding carboxylic acids is 4. The first-order valence-electron chi connectivity index (χ1n) is 12.9. The number of anilines is 2. The number of benzene rings is 3. The largest absolute Gasteiger partial charge is 0.452 e. The Balaban J connectivity index is 1.19. The van der Waals surface area contributed by atoms with E-state index in [0.29, 0.717) is 24.2 Å². The molecule has 3 aromatic carbocycles. The molecule has 0 spiro atoms. The standard InChI is InChI=1S/C31H30N2O5/c1-19-8-12-24(16-20(19)2)32-28(34)18-38-31(37)22-9-13-25(14-10-22)33-29(35)26-15-11-23(17-27(26)30(33)36)21-6-4-3-5-7-21/h3-10,12-14,16,23,26-27H,11,15,17-18H2,1-2H3,(H,32,34)/t23-,26+,27-/m0/s1. The number of nitrogens with zero attached hydrogens (tertiary/aromatic N) is 1. The van der Waals surface area contributed by atoms with Crippen LogP contribution in [0.1, 0.15) is 52.2 Å². The van der Waals surface area contributed by atoms with E-state index in [-0.39, 0.29) is 35.1 Å². The number of fused-ring (bicyclic) bond motifs is 1. The van der Waals surface area contributed by atoms with Gasteiger partial charge in [-0.1, -0.05) is 36.4 Å². The molecule has 0 unspecified atom stereocenters. The fourth-order valence-corrected chi connectivity index (χ4v) is 5.44. The van der Waals surface area contributed by atoms with Crippen molar-refractivity contribution < 1.29 is 23.9 Å². The van der Waals surface area contributed by atoms with Crippen LogP contribution in [0.2, 0.25) is 0 Å². The van der Waals surface area contributed by atoms with Gasteiger partial charge in [0.15, 0.2) is 6.61 Å². The molecule has 0 bridgehead atoms. The number of esters is 1. The lowest BCUT2D eigenvalue weighted by atomic mass is 9.73. The van der Waals surface area contributed by atoms with Gasteiger partial charge in [0.25, 0.3) is 5.91 Å². The van der Waals surface area contributed by atoms with Crippen molar-refractivity contribution in [3.05, 3.63) is 95.1 Å². The van der Waals surface area contributed by atoms with Crippen LogP contribution < -0.4 is 10.2 Å². The fourth-order valence-electron chi connectivity index (χ4n) is 5.44. The number of ether oxygens (including phenoxy) is 1. The van der Waals surface area contributed by atoms with Crippen molar-refractivity contribution in [1.29, 1.82) is 0 Å². The quantitative estimate of drug-likeness (QED) is 0.365. The van der Waals surface area contributed by atoms with Crippen LogP contribution in [-0.4, -0.2) is 30.3 Å². The van der Waals surface area contributed by atoms with Crippen molar-refractivity contribution in [2.45, 2.75) is 39.0 Å². The van der Waals surface area contributed by atoms with Crippen molar-refractivity contribution in [2.75, 3.05) is 16.8 Å². The molecule has 7 nitrogen and oxygen atoms in total. The molecule has 1 heterocycles. The van der Waals surface area contributed by atoms with Crippen LogP contribution in [0.25, 0.3) is 0 Å². The summed E-state index contributed by atoms with van der Waals surface area (Å²) in [5.41, 5.74) is 4.67. The zero-order valence-corrected chi connectivity index (χ0v) is 21.5. The van der Waals surface area contributed by atoms with Crippen LogP contribution in [-0.2, 0) is 19.1 Å². The maximum atomic E-state index is 13.3. The van der Waals surface area contributed by atoms with E-state index in [9.17, 15) is 19.2 Å². The third-order valence-electron chi connectivity index (χ3n) is 7.68. The molecule has 2 aliphatic rings. The lowest BCUT2D eigenvalue weighted by molar-refractivity contribution is -0.122. The number of aryl methyl sites for hydroxylation is 2. The molecule has 1 saturated carbocycles. The van der Waals surface area contributed by atoms with Gasteiger partial charge >= 0.3 is 5.97 Å². The highest BCUT2D eigenvalue weighted by Crippen LogP contribution is 2.45. The minimum absolute atomic E-state index is 0.176. The second kappa shape index (κ2) is 10.6. The average molecular weight is 511 g/mol. The normalized spacial score (nSPS) is 20.7. The highest BCUT2D eigenvalue weighted by molar-refractivity contribution is 6.22. The molecular weight excluding hydrogens is 480 g/mol. The van der Waals surface area contributed by atoms with Gasteiger partial charge in [0, 0.05) is 5.69 Å². The Morgan fingerprint density at radius 2 is 1.58 bits per heavy atom. The number of hydrogen-bond donors (Lipinski definition) is 1. The Morgan fingerprint density at radius 3 is 2.29 bits per heavy atom. The Bertz CT molecular complexity index is 1380. The highest BCUT2D eigenvalue weighted by Gasteiger charge is 2.50. The lowest BCUT2D eigenvalue weighted by Crippen LogP contribution is -2.30. The maximum absolute atomic E-state index is 13.3. The van der Waals surface area contributed by atoms with Crippen LogP contribution in [0.15, 0.2) is 72.8 Å². The third-order valence-corrected chi connectivity index (χ3v) is 7.68. The molecule has 38 heavy (non-hydrogen) atoms. The molecule has 0 radical (unpaired) electrons. The van der Waals surface area contributed by atoms with E-state index in [1.165, 1.54) is 22.6 Å². The number of nitrogens with one attached hydrogen (secondary N) is 1. The van der Waals surface area contributed by atoms with Gasteiger partial charge < -0.3 is 10.1 Å². The van der Waals surface area contributed by atoms with E-state index in [4.69, 9.17) is 4.74 Å².